The highest BCUT2D eigenvalue weighted by molar-refractivity contribution is 5.41. The first-order chi connectivity index (χ1) is 10.2. The Balaban J connectivity index is 2.64. The highest BCUT2D eigenvalue weighted by Gasteiger charge is 2.08. The van der Waals surface area contributed by atoms with Crippen LogP contribution in [0.25, 0.3) is 0 Å². The molecular formula is C16H29N3O2. The van der Waals surface area contributed by atoms with Gasteiger partial charge in [0.25, 0.3) is 0 Å². The first kappa shape index (κ1) is 17.9. The highest BCUT2D eigenvalue weighted by atomic mass is 16.5. The fourth-order valence-corrected chi connectivity index (χ4v) is 1.99. The number of pyridine rings is 1. The Labute approximate surface area is 128 Å². The van der Waals surface area contributed by atoms with E-state index in [1.165, 1.54) is 5.56 Å². The Bertz CT molecular complexity index is 378. The van der Waals surface area contributed by atoms with Gasteiger partial charge in [0, 0.05) is 40.1 Å². The Hall–Kier alpha value is -1.17. The van der Waals surface area contributed by atoms with Crippen molar-refractivity contribution in [3.63, 3.8) is 0 Å². The minimum Gasteiger partial charge on any atom is -0.383 e. The lowest BCUT2D eigenvalue weighted by atomic mass is 10.2. The van der Waals surface area contributed by atoms with Crippen molar-refractivity contribution in [3.8, 4) is 0 Å². The smallest absolute Gasteiger partial charge is 0.128 e. The molecule has 5 heteroatoms. The standard InChI is InChI=1S/C16H29N3O2/c1-14(2)12-17-13-15-5-6-18-16(11-15)19(7-9-20-3)8-10-21-4/h5-6,11,14,17H,7-10,12-13H2,1-4H3. The third-order valence-corrected chi connectivity index (χ3v) is 3.15. The molecule has 0 aliphatic heterocycles. The van der Waals surface area contributed by atoms with Crippen molar-refractivity contribution in [2.75, 3.05) is 52.0 Å². The van der Waals surface area contributed by atoms with E-state index in [-0.39, 0.29) is 0 Å². The molecule has 5 nitrogen and oxygen atoms in total. The van der Waals surface area contributed by atoms with Gasteiger partial charge in [0.05, 0.1) is 13.2 Å². The van der Waals surface area contributed by atoms with Gasteiger partial charge in [-0.2, -0.15) is 0 Å². The molecule has 0 fully saturated rings. The fourth-order valence-electron chi connectivity index (χ4n) is 1.99. The Kier molecular flexibility index (Phi) is 8.98. The lowest BCUT2D eigenvalue weighted by Crippen LogP contribution is -2.31. The van der Waals surface area contributed by atoms with Gasteiger partial charge in [-0.25, -0.2) is 4.98 Å². The molecular weight excluding hydrogens is 266 g/mol. The van der Waals surface area contributed by atoms with Gasteiger partial charge in [-0.05, 0) is 30.2 Å². The van der Waals surface area contributed by atoms with E-state index in [1.54, 1.807) is 14.2 Å². The Morgan fingerprint density at radius 2 is 1.86 bits per heavy atom. The molecule has 0 spiro atoms. The number of ether oxygens (including phenoxy) is 2. The summed E-state index contributed by atoms with van der Waals surface area (Å²) in [5.74, 6) is 1.64. The second-order valence-electron chi connectivity index (χ2n) is 5.52. The molecule has 1 N–H and O–H groups in total. The quantitative estimate of drug-likeness (QED) is 0.676. The number of nitrogens with zero attached hydrogens (tertiary/aromatic N) is 2. The molecule has 0 aromatic carbocycles. The van der Waals surface area contributed by atoms with Crippen LogP contribution in [-0.2, 0) is 16.0 Å². The summed E-state index contributed by atoms with van der Waals surface area (Å²) in [6.07, 6.45) is 1.87. The van der Waals surface area contributed by atoms with Crippen LogP contribution in [0.3, 0.4) is 0 Å². The summed E-state index contributed by atoms with van der Waals surface area (Å²) in [6, 6.07) is 4.19. The normalized spacial score (nSPS) is 11.1. The number of anilines is 1. The zero-order valence-corrected chi connectivity index (χ0v) is 13.8. The van der Waals surface area contributed by atoms with Gasteiger partial charge in [-0.1, -0.05) is 13.8 Å². The summed E-state index contributed by atoms with van der Waals surface area (Å²) in [6.45, 7) is 9.31. The maximum absolute atomic E-state index is 5.17. The van der Waals surface area contributed by atoms with Crippen LogP contribution in [-0.4, -0.2) is 52.1 Å². The van der Waals surface area contributed by atoms with E-state index in [0.717, 1.165) is 32.0 Å². The first-order valence-corrected chi connectivity index (χ1v) is 7.55. The van der Waals surface area contributed by atoms with E-state index < -0.39 is 0 Å². The van der Waals surface area contributed by atoms with Crippen molar-refractivity contribution in [1.82, 2.24) is 10.3 Å². The summed E-state index contributed by atoms with van der Waals surface area (Å²) < 4.78 is 10.3. The molecule has 0 saturated carbocycles. The van der Waals surface area contributed by atoms with E-state index in [1.807, 2.05) is 6.20 Å². The van der Waals surface area contributed by atoms with Gasteiger partial charge < -0.3 is 19.7 Å². The number of rotatable bonds is 11. The molecule has 0 bridgehead atoms. The second-order valence-corrected chi connectivity index (χ2v) is 5.52. The van der Waals surface area contributed by atoms with Gasteiger partial charge in [-0.15, -0.1) is 0 Å². The molecule has 120 valence electrons. The van der Waals surface area contributed by atoms with Gasteiger partial charge in [0.15, 0.2) is 0 Å². The Morgan fingerprint density at radius 1 is 1.19 bits per heavy atom. The van der Waals surface area contributed by atoms with Crippen molar-refractivity contribution in [2.45, 2.75) is 20.4 Å². The predicted molar refractivity (Wildman–Crippen MR) is 86.7 cm³/mol. The third-order valence-electron chi connectivity index (χ3n) is 3.15. The number of hydrogen-bond donors (Lipinski definition) is 1. The molecule has 1 aromatic rings. The van der Waals surface area contributed by atoms with Crippen LogP contribution in [0.4, 0.5) is 5.82 Å². The maximum atomic E-state index is 5.17. The first-order valence-electron chi connectivity index (χ1n) is 7.55. The molecule has 0 aliphatic carbocycles. The molecule has 0 amide bonds. The third kappa shape index (κ3) is 7.41. The minimum absolute atomic E-state index is 0.659. The van der Waals surface area contributed by atoms with Crippen LogP contribution >= 0.6 is 0 Å². The van der Waals surface area contributed by atoms with Crippen molar-refractivity contribution in [3.05, 3.63) is 23.9 Å². The molecule has 0 atom stereocenters. The van der Waals surface area contributed by atoms with Gasteiger partial charge in [0.2, 0.25) is 0 Å². The van der Waals surface area contributed by atoms with Gasteiger partial charge >= 0.3 is 0 Å². The SMILES string of the molecule is COCCN(CCOC)c1cc(CNCC(C)C)ccn1. The van der Waals surface area contributed by atoms with E-state index in [4.69, 9.17) is 9.47 Å². The maximum Gasteiger partial charge on any atom is 0.128 e. The molecule has 0 saturated heterocycles. The lowest BCUT2D eigenvalue weighted by molar-refractivity contribution is 0.190. The predicted octanol–water partition coefficient (Wildman–Crippen LogP) is 1.93. The van der Waals surface area contributed by atoms with Crippen molar-refractivity contribution in [1.29, 1.82) is 0 Å². The average molecular weight is 295 g/mol. The average Bonchev–Trinajstić information content (AvgIpc) is 2.47. The molecule has 1 heterocycles. The van der Waals surface area contributed by atoms with Crippen LogP contribution in [0.15, 0.2) is 18.3 Å². The molecule has 0 aliphatic rings. The zero-order valence-electron chi connectivity index (χ0n) is 13.8. The van der Waals surface area contributed by atoms with E-state index in [2.05, 4.69) is 41.2 Å². The van der Waals surface area contributed by atoms with E-state index in [0.29, 0.717) is 19.1 Å². The molecule has 0 radical (unpaired) electrons. The summed E-state index contributed by atoms with van der Waals surface area (Å²) >= 11 is 0. The number of nitrogens with one attached hydrogen (secondary N) is 1. The largest absolute Gasteiger partial charge is 0.383 e. The number of aromatic nitrogens is 1. The van der Waals surface area contributed by atoms with Crippen LogP contribution in [0.5, 0.6) is 0 Å². The van der Waals surface area contributed by atoms with Gasteiger partial charge in [0.1, 0.15) is 5.82 Å². The van der Waals surface area contributed by atoms with E-state index in [9.17, 15) is 0 Å². The lowest BCUT2D eigenvalue weighted by Gasteiger charge is -2.23. The summed E-state index contributed by atoms with van der Waals surface area (Å²) in [5.41, 5.74) is 1.25. The highest BCUT2D eigenvalue weighted by Crippen LogP contribution is 2.12. The topological polar surface area (TPSA) is 46.6 Å². The molecule has 1 aromatic heterocycles. The van der Waals surface area contributed by atoms with Crippen LogP contribution < -0.4 is 10.2 Å². The zero-order chi connectivity index (χ0) is 15.5. The summed E-state index contributed by atoms with van der Waals surface area (Å²) in [5, 5.41) is 3.46. The molecule has 0 unspecified atom stereocenters. The van der Waals surface area contributed by atoms with Gasteiger partial charge in [-0.3, -0.25) is 0 Å². The Morgan fingerprint density at radius 3 is 2.43 bits per heavy atom. The molecule has 21 heavy (non-hydrogen) atoms. The summed E-state index contributed by atoms with van der Waals surface area (Å²) in [7, 11) is 3.43. The summed E-state index contributed by atoms with van der Waals surface area (Å²) in [4.78, 5) is 6.67. The minimum atomic E-state index is 0.659. The van der Waals surface area contributed by atoms with E-state index >= 15 is 0 Å². The molecule has 1 rings (SSSR count). The monoisotopic (exact) mass is 295 g/mol. The van der Waals surface area contributed by atoms with Crippen LogP contribution in [0.1, 0.15) is 19.4 Å². The van der Waals surface area contributed by atoms with Crippen molar-refractivity contribution < 1.29 is 9.47 Å². The van der Waals surface area contributed by atoms with Crippen LogP contribution in [0.2, 0.25) is 0 Å². The number of methoxy groups -OCH3 is 2. The van der Waals surface area contributed by atoms with Crippen LogP contribution in [0, 0.1) is 5.92 Å². The van der Waals surface area contributed by atoms with Crippen molar-refractivity contribution in [2.24, 2.45) is 5.92 Å². The van der Waals surface area contributed by atoms with Crippen molar-refractivity contribution >= 4 is 5.82 Å². The number of hydrogen-bond acceptors (Lipinski definition) is 5. The fraction of sp³-hybridized carbons (Fsp3) is 0.688. The second kappa shape index (κ2) is 10.5.